The van der Waals surface area contributed by atoms with Gasteiger partial charge < -0.3 is 28.8 Å². The van der Waals surface area contributed by atoms with Crippen molar-refractivity contribution in [2.45, 2.75) is 51.5 Å². The van der Waals surface area contributed by atoms with Crippen molar-refractivity contribution in [3.63, 3.8) is 0 Å². The van der Waals surface area contributed by atoms with Crippen LogP contribution in [-0.4, -0.2) is 66.8 Å². The first-order valence-electron chi connectivity index (χ1n) is 6.60. The maximum Gasteiger partial charge on any atom is 0.338 e. The largest absolute Gasteiger partial charge is 0.467 e. The number of hydrogen-bond acceptors (Lipinski definition) is 10. The lowest BCUT2D eigenvalue weighted by Crippen LogP contribution is -2.63. The van der Waals surface area contributed by atoms with Gasteiger partial charge in [-0.2, -0.15) is 0 Å². The Morgan fingerprint density at radius 3 is 1.78 bits per heavy atom. The zero-order chi connectivity index (χ0) is 17.7. The molecule has 0 spiro atoms. The average Bonchev–Trinajstić information content (AvgIpc) is 2.43. The highest BCUT2D eigenvalue weighted by Gasteiger charge is 2.53. The van der Waals surface area contributed by atoms with Crippen LogP contribution in [0.3, 0.4) is 0 Å². The zero-order valence-electron chi connectivity index (χ0n) is 13.0. The number of carbonyl (C=O) groups excluding carboxylic acids is 4. The molecular formula is C13H18O10. The zero-order valence-corrected chi connectivity index (χ0v) is 13.0. The molecule has 10 nitrogen and oxygen atoms in total. The molecule has 1 N–H and O–H groups in total. The summed E-state index contributed by atoms with van der Waals surface area (Å²) >= 11 is 0. The van der Waals surface area contributed by atoms with E-state index >= 15 is 0 Å². The predicted octanol–water partition coefficient (Wildman–Crippen LogP) is -1.33. The van der Waals surface area contributed by atoms with Crippen LogP contribution < -0.4 is 0 Å². The van der Waals surface area contributed by atoms with E-state index in [9.17, 15) is 24.3 Å². The van der Waals surface area contributed by atoms with Gasteiger partial charge in [-0.1, -0.05) is 0 Å². The summed E-state index contributed by atoms with van der Waals surface area (Å²) in [6, 6.07) is 0. The molecule has 23 heavy (non-hydrogen) atoms. The van der Waals surface area contributed by atoms with E-state index in [1.165, 1.54) is 0 Å². The Kier molecular flexibility index (Phi) is 6.46. The highest BCUT2D eigenvalue weighted by Crippen LogP contribution is 2.28. The van der Waals surface area contributed by atoms with Gasteiger partial charge in [-0.3, -0.25) is 14.4 Å². The normalized spacial score (nSPS) is 30.0. The van der Waals surface area contributed by atoms with Gasteiger partial charge in [0.15, 0.2) is 12.2 Å². The van der Waals surface area contributed by atoms with Crippen LogP contribution in [0.1, 0.15) is 20.8 Å². The number of ether oxygens (including phenoxy) is 5. The first-order valence-corrected chi connectivity index (χ1v) is 6.60. The van der Waals surface area contributed by atoms with Crippen LogP contribution in [0.2, 0.25) is 0 Å². The Morgan fingerprint density at radius 2 is 1.35 bits per heavy atom. The molecule has 0 amide bonds. The molecule has 0 unspecified atom stereocenters. The van der Waals surface area contributed by atoms with E-state index in [1.807, 2.05) is 0 Å². The number of hydrogen-bond donors (Lipinski definition) is 1. The van der Waals surface area contributed by atoms with Crippen LogP contribution in [0.25, 0.3) is 0 Å². The minimum atomic E-state index is -1.69. The number of rotatable bonds is 4. The smallest absolute Gasteiger partial charge is 0.338 e. The topological polar surface area (TPSA) is 135 Å². The van der Waals surface area contributed by atoms with Gasteiger partial charge in [0, 0.05) is 20.8 Å². The molecule has 0 aromatic carbocycles. The maximum absolute atomic E-state index is 11.7. The second-order valence-electron chi connectivity index (χ2n) is 4.70. The molecule has 130 valence electrons. The summed E-state index contributed by atoms with van der Waals surface area (Å²) < 4.78 is 24.3. The first-order chi connectivity index (χ1) is 10.7. The number of esters is 4. The monoisotopic (exact) mass is 334 g/mol. The minimum Gasteiger partial charge on any atom is -0.467 e. The van der Waals surface area contributed by atoms with E-state index in [0.29, 0.717) is 0 Å². The quantitative estimate of drug-likeness (QED) is 0.486. The molecule has 1 aliphatic heterocycles. The highest BCUT2D eigenvalue weighted by molar-refractivity contribution is 5.76. The van der Waals surface area contributed by atoms with Crippen molar-refractivity contribution < 1.29 is 48.0 Å². The number of aliphatic hydroxyl groups is 1. The molecule has 0 aromatic heterocycles. The summed E-state index contributed by atoms with van der Waals surface area (Å²) in [5, 5.41) is 10.2. The van der Waals surface area contributed by atoms with Crippen molar-refractivity contribution in [3.8, 4) is 0 Å². The van der Waals surface area contributed by atoms with Crippen LogP contribution in [0.15, 0.2) is 0 Å². The summed E-state index contributed by atoms with van der Waals surface area (Å²) in [6.07, 6.45) is -7.79. The lowest BCUT2D eigenvalue weighted by molar-refractivity contribution is -0.292. The fourth-order valence-corrected chi connectivity index (χ4v) is 2.04. The van der Waals surface area contributed by atoms with Crippen LogP contribution >= 0.6 is 0 Å². The van der Waals surface area contributed by atoms with E-state index in [1.54, 1.807) is 0 Å². The molecule has 0 aromatic rings. The van der Waals surface area contributed by atoms with Gasteiger partial charge in [-0.25, -0.2) is 4.79 Å². The number of methoxy groups -OCH3 is 1. The number of aliphatic hydroxyl groups excluding tert-OH is 1. The second kappa shape index (κ2) is 7.88. The van der Waals surface area contributed by atoms with Crippen molar-refractivity contribution >= 4 is 23.9 Å². The van der Waals surface area contributed by atoms with Crippen molar-refractivity contribution in [2.24, 2.45) is 0 Å². The van der Waals surface area contributed by atoms with E-state index in [2.05, 4.69) is 4.74 Å². The lowest BCUT2D eigenvalue weighted by atomic mass is 9.98. The third kappa shape index (κ3) is 4.89. The van der Waals surface area contributed by atoms with Crippen molar-refractivity contribution in [2.75, 3.05) is 7.11 Å². The Balaban J connectivity index is 3.17. The lowest BCUT2D eigenvalue weighted by Gasteiger charge is -2.41. The molecule has 5 atom stereocenters. The van der Waals surface area contributed by atoms with Gasteiger partial charge in [0.25, 0.3) is 0 Å². The second-order valence-corrected chi connectivity index (χ2v) is 4.70. The Hall–Kier alpha value is -2.20. The molecular weight excluding hydrogens is 316 g/mol. The molecule has 1 saturated heterocycles. The number of carbonyl (C=O) groups is 4. The van der Waals surface area contributed by atoms with Gasteiger partial charge in [-0.15, -0.1) is 0 Å². The molecule has 0 radical (unpaired) electrons. The third-order valence-corrected chi connectivity index (χ3v) is 2.84. The summed E-state index contributed by atoms with van der Waals surface area (Å²) in [7, 11) is 1.05. The Bertz CT molecular complexity index is 487. The molecule has 10 heteroatoms. The Labute approximate surface area is 131 Å². The summed E-state index contributed by atoms with van der Waals surface area (Å²) in [4.78, 5) is 45.3. The molecule has 0 aliphatic carbocycles. The van der Waals surface area contributed by atoms with Gasteiger partial charge in [0.1, 0.15) is 6.10 Å². The predicted molar refractivity (Wildman–Crippen MR) is 69.6 cm³/mol. The average molecular weight is 334 g/mol. The highest BCUT2D eigenvalue weighted by atomic mass is 16.7. The molecule has 0 bridgehead atoms. The van der Waals surface area contributed by atoms with Gasteiger partial charge in [0.2, 0.25) is 12.4 Å². The molecule has 1 aliphatic rings. The van der Waals surface area contributed by atoms with Gasteiger partial charge >= 0.3 is 23.9 Å². The van der Waals surface area contributed by atoms with Gasteiger partial charge in [-0.05, 0) is 0 Å². The van der Waals surface area contributed by atoms with E-state index in [0.717, 1.165) is 27.9 Å². The van der Waals surface area contributed by atoms with Crippen LogP contribution in [-0.2, 0) is 42.9 Å². The van der Waals surface area contributed by atoms with Crippen molar-refractivity contribution in [3.05, 3.63) is 0 Å². The van der Waals surface area contributed by atoms with Crippen molar-refractivity contribution in [1.82, 2.24) is 0 Å². The fraction of sp³-hybridized carbons (Fsp3) is 0.692. The molecule has 0 saturated carbocycles. The van der Waals surface area contributed by atoms with E-state index in [4.69, 9.17) is 18.9 Å². The van der Waals surface area contributed by atoms with E-state index in [-0.39, 0.29) is 0 Å². The summed E-state index contributed by atoms with van der Waals surface area (Å²) in [5.41, 5.74) is 0. The van der Waals surface area contributed by atoms with Crippen LogP contribution in [0, 0.1) is 0 Å². The Morgan fingerprint density at radius 1 is 0.870 bits per heavy atom. The first kappa shape index (κ1) is 18.8. The SMILES string of the molecule is COC(=O)[C@H]1O[C@@H](OC(C)=O)[C@H](OC(C)=O)[C@@H](OC(C)=O)[C@@H]1O. The van der Waals surface area contributed by atoms with Crippen LogP contribution in [0.5, 0.6) is 0 Å². The minimum absolute atomic E-state index is 0.795. The van der Waals surface area contributed by atoms with E-state index < -0.39 is 54.6 Å². The fourth-order valence-electron chi connectivity index (χ4n) is 2.04. The molecule has 1 fully saturated rings. The molecule has 1 heterocycles. The van der Waals surface area contributed by atoms with Gasteiger partial charge in [0.05, 0.1) is 7.11 Å². The van der Waals surface area contributed by atoms with Crippen molar-refractivity contribution in [1.29, 1.82) is 0 Å². The maximum atomic E-state index is 11.7. The van der Waals surface area contributed by atoms with Crippen LogP contribution in [0.4, 0.5) is 0 Å². The summed E-state index contributed by atoms with van der Waals surface area (Å²) in [6.45, 7) is 3.18. The molecule has 1 rings (SSSR count). The standard InChI is InChI=1S/C13H18O10/c1-5(14)20-9-8(17)10(12(18)19-4)23-13(22-7(3)16)11(9)21-6(2)15/h8-11,13,17H,1-4H3/t8-,9-,10-,11+,13+/m0/s1. The summed E-state index contributed by atoms with van der Waals surface area (Å²) in [5.74, 6) is -3.38. The third-order valence-electron chi connectivity index (χ3n) is 2.84.